The second-order valence-electron chi connectivity index (χ2n) is 5.89. The minimum Gasteiger partial charge on any atom is -0.497 e. The van der Waals surface area contributed by atoms with Crippen LogP contribution in [0.1, 0.15) is 21.8 Å². The van der Waals surface area contributed by atoms with Crippen molar-refractivity contribution < 1.29 is 9.53 Å². The van der Waals surface area contributed by atoms with Gasteiger partial charge in [0.15, 0.2) is 5.78 Å². The number of rotatable bonds is 3. The molecule has 3 aromatic rings. The van der Waals surface area contributed by atoms with Crippen molar-refractivity contribution >= 4 is 33.7 Å². The molecular formula is C20H16ClNO2S. The molecule has 0 bridgehead atoms. The van der Waals surface area contributed by atoms with Crippen molar-refractivity contribution in [2.24, 2.45) is 0 Å². The van der Waals surface area contributed by atoms with Gasteiger partial charge in [-0.15, -0.1) is 11.3 Å². The van der Waals surface area contributed by atoms with Gasteiger partial charge < -0.3 is 10.1 Å². The van der Waals surface area contributed by atoms with E-state index in [0.717, 1.165) is 27.4 Å². The van der Waals surface area contributed by atoms with Gasteiger partial charge in [0, 0.05) is 12.1 Å². The molecule has 1 aliphatic heterocycles. The van der Waals surface area contributed by atoms with Crippen LogP contribution in [0.25, 0.3) is 11.1 Å². The Kier molecular flexibility index (Phi) is 4.24. The van der Waals surface area contributed by atoms with E-state index in [1.54, 1.807) is 7.11 Å². The average Bonchev–Trinajstić information content (AvgIpc) is 3.00. The summed E-state index contributed by atoms with van der Waals surface area (Å²) in [7, 11) is 1.63. The highest BCUT2D eigenvalue weighted by molar-refractivity contribution is 7.21. The second kappa shape index (κ2) is 6.54. The Morgan fingerprint density at radius 2 is 1.80 bits per heavy atom. The fourth-order valence-corrected chi connectivity index (χ4v) is 4.59. The maximum absolute atomic E-state index is 13.2. The Bertz CT molecular complexity index is 919. The van der Waals surface area contributed by atoms with Crippen LogP contribution >= 0.6 is 22.9 Å². The maximum atomic E-state index is 13.2. The number of methoxy groups -OCH3 is 1. The van der Waals surface area contributed by atoms with Crippen molar-refractivity contribution in [3.05, 3.63) is 70.1 Å². The molecule has 1 unspecified atom stereocenters. The third-order valence-corrected chi connectivity index (χ3v) is 5.83. The molecule has 4 rings (SSSR count). The minimum atomic E-state index is -0.198. The highest BCUT2D eigenvalue weighted by Gasteiger charge is 2.34. The van der Waals surface area contributed by atoms with E-state index in [9.17, 15) is 4.79 Å². The third kappa shape index (κ3) is 2.81. The molecule has 2 aromatic carbocycles. The number of thiophene rings is 1. The van der Waals surface area contributed by atoms with E-state index in [0.29, 0.717) is 16.4 Å². The van der Waals surface area contributed by atoms with Gasteiger partial charge in [-0.05, 0) is 23.3 Å². The van der Waals surface area contributed by atoms with Crippen molar-refractivity contribution in [1.82, 2.24) is 0 Å². The predicted octanol–water partition coefficient (Wildman–Crippen LogP) is 5.47. The number of carbonyl (C=O) groups is 1. The molecule has 0 amide bonds. The number of fused-ring (bicyclic) bond motifs is 1. The Balaban J connectivity index is 1.79. The molecule has 1 N–H and O–H groups in total. The van der Waals surface area contributed by atoms with E-state index in [1.807, 2.05) is 54.6 Å². The zero-order valence-electron chi connectivity index (χ0n) is 13.6. The van der Waals surface area contributed by atoms with Gasteiger partial charge in [-0.3, -0.25) is 4.79 Å². The number of ketones is 1. The first-order valence-electron chi connectivity index (χ1n) is 7.98. The van der Waals surface area contributed by atoms with E-state index >= 15 is 0 Å². The van der Waals surface area contributed by atoms with E-state index in [-0.39, 0.29) is 11.7 Å². The molecule has 0 saturated heterocycles. The Morgan fingerprint density at radius 1 is 1.08 bits per heavy atom. The smallest absolute Gasteiger partial charge is 0.175 e. The van der Waals surface area contributed by atoms with Crippen molar-refractivity contribution in [2.45, 2.75) is 5.92 Å². The Hall–Kier alpha value is -2.30. The molecule has 1 aromatic heterocycles. The van der Waals surface area contributed by atoms with Crippen LogP contribution in [-0.4, -0.2) is 19.4 Å². The molecule has 1 atom stereocenters. The summed E-state index contributed by atoms with van der Waals surface area (Å²) in [6, 6.07) is 17.5. The van der Waals surface area contributed by atoms with Gasteiger partial charge in [0.2, 0.25) is 0 Å². The van der Waals surface area contributed by atoms with Crippen molar-refractivity contribution in [3.8, 4) is 16.9 Å². The predicted molar refractivity (Wildman–Crippen MR) is 103 cm³/mol. The second-order valence-corrected chi connectivity index (χ2v) is 7.51. The summed E-state index contributed by atoms with van der Waals surface area (Å²) in [5.74, 6) is 0.695. The molecule has 5 heteroatoms. The summed E-state index contributed by atoms with van der Waals surface area (Å²) in [6.07, 6.45) is 0. The lowest BCUT2D eigenvalue weighted by molar-refractivity contribution is 0.0961. The molecule has 0 radical (unpaired) electrons. The highest BCUT2D eigenvalue weighted by atomic mass is 35.5. The number of anilines is 1. The lowest BCUT2D eigenvalue weighted by Crippen LogP contribution is -2.27. The first-order valence-corrected chi connectivity index (χ1v) is 9.18. The van der Waals surface area contributed by atoms with Crippen LogP contribution in [0.5, 0.6) is 5.75 Å². The molecule has 0 saturated carbocycles. The average molecular weight is 370 g/mol. The van der Waals surface area contributed by atoms with Crippen molar-refractivity contribution in [3.63, 3.8) is 0 Å². The fourth-order valence-electron chi connectivity index (χ4n) is 3.19. The summed E-state index contributed by atoms with van der Waals surface area (Å²) in [5.41, 5.74) is 3.45. The number of nitrogens with one attached hydrogen (secondary N) is 1. The topological polar surface area (TPSA) is 38.3 Å². The molecule has 0 aliphatic carbocycles. The lowest BCUT2D eigenvalue weighted by atomic mass is 9.86. The number of hydrogen-bond donors (Lipinski definition) is 1. The summed E-state index contributed by atoms with van der Waals surface area (Å²) >= 11 is 7.92. The van der Waals surface area contributed by atoms with Crippen LogP contribution in [0.2, 0.25) is 4.34 Å². The van der Waals surface area contributed by atoms with Crippen molar-refractivity contribution in [1.29, 1.82) is 0 Å². The first kappa shape index (κ1) is 16.2. The van der Waals surface area contributed by atoms with Gasteiger partial charge in [-0.1, -0.05) is 54.1 Å². The van der Waals surface area contributed by atoms with E-state index < -0.39 is 0 Å². The molecule has 3 nitrogen and oxygen atoms in total. The summed E-state index contributed by atoms with van der Waals surface area (Å²) in [4.78, 5) is 13.2. The number of ether oxygens (including phenoxy) is 1. The SMILES string of the molecule is COc1ccc(-c2c(Cl)sc3c2C(=O)C(c2ccccc2)CN3)cc1. The van der Waals surface area contributed by atoms with Gasteiger partial charge in [0.25, 0.3) is 0 Å². The summed E-state index contributed by atoms with van der Waals surface area (Å²) in [6.45, 7) is 0.592. The molecule has 0 spiro atoms. The number of carbonyl (C=O) groups excluding carboxylic acids is 1. The monoisotopic (exact) mass is 369 g/mol. The fraction of sp³-hybridized carbons (Fsp3) is 0.150. The van der Waals surface area contributed by atoms with E-state index in [2.05, 4.69) is 5.32 Å². The largest absolute Gasteiger partial charge is 0.497 e. The normalized spacial score (nSPS) is 16.2. The molecule has 0 fully saturated rings. The first-order chi connectivity index (χ1) is 12.2. The lowest BCUT2D eigenvalue weighted by Gasteiger charge is -2.23. The van der Waals surface area contributed by atoms with Gasteiger partial charge in [0.05, 0.1) is 18.6 Å². The summed E-state index contributed by atoms with van der Waals surface area (Å²) in [5, 5.41) is 4.24. The number of benzene rings is 2. The van der Waals surface area contributed by atoms with Crippen LogP contribution in [-0.2, 0) is 0 Å². The van der Waals surface area contributed by atoms with Crippen LogP contribution in [0.4, 0.5) is 5.00 Å². The quantitative estimate of drug-likeness (QED) is 0.665. The third-order valence-electron chi connectivity index (χ3n) is 4.48. The Labute approximate surface area is 155 Å². The minimum absolute atomic E-state index is 0.119. The molecule has 126 valence electrons. The van der Waals surface area contributed by atoms with Gasteiger partial charge in [0.1, 0.15) is 15.1 Å². The van der Waals surface area contributed by atoms with Gasteiger partial charge in [-0.25, -0.2) is 0 Å². The highest BCUT2D eigenvalue weighted by Crippen LogP contribution is 2.47. The van der Waals surface area contributed by atoms with Gasteiger partial charge in [-0.2, -0.15) is 0 Å². The maximum Gasteiger partial charge on any atom is 0.175 e. The molecular weight excluding hydrogens is 354 g/mol. The van der Waals surface area contributed by atoms with Crippen LogP contribution in [0, 0.1) is 0 Å². The standard InChI is InChI=1S/C20H16ClNO2S/c1-24-14-9-7-13(8-10-14)16-17-18(23)15(12-5-3-2-4-6-12)11-22-20(17)25-19(16)21/h2-10,15,22H,11H2,1H3. The van der Waals surface area contributed by atoms with Crippen molar-refractivity contribution in [2.75, 3.05) is 19.0 Å². The number of hydrogen-bond acceptors (Lipinski definition) is 4. The van der Waals surface area contributed by atoms with Crippen LogP contribution in [0.3, 0.4) is 0 Å². The molecule has 25 heavy (non-hydrogen) atoms. The van der Waals surface area contributed by atoms with E-state index in [4.69, 9.17) is 16.3 Å². The van der Waals surface area contributed by atoms with E-state index in [1.165, 1.54) is 11.3 Å². The van der Waals surface area contributed by atoms with Gasteiger partial charge >= 0.3 is 0 Å². The molecule has 1 aliphatic rings. The Morgan fingerprint density at radius 3 is 2.48 bits per heavy atom. The summed E-state index contributed by atoms with van der Waals surface area (Å²) < 4.78 is 5.85. The number of halogens is 1. The zero-order chi connectivity index (χ0) is 17.4. The number of Topliss-reactive ketones (excluding diaryl/α,β-unsaturated/α-hetero) is 1. The van der Waals surface area contributed by atoms with Crippen LogP contribution in [0.15, 0.2) is 54.6 Å². The molecule has 2 heterocycles. The zero-order valence-corrected chi connectivity index (χ0v) is 15.2. The van der Waals surface area contributed by atoms with Crippen LogP contribution < -0.4 is 10.1 Å².